The molecule has 2 rings (SSSR count). The monoisotopic (exact) mass is 310 g/mol. The quantitative estimate of drug-likeness (QED) is 0.635. The maximum Gasteiger partial charge on any atom is 0.193 e. The Hall–Kier alpha value is -0.810. The second-order valence-electron chi connectivity index (χ2n) is 7.69. The molecular formula is C17H34N4O. The van der Waals surface area contributed by atoms with Crippen LogP contribution in [-0.4, -0.2) is 74.3 Å². The van der Waals surface area contributed by atoms with Gasteiger partial charge in [-0.05, 0) is 32.1 Å². The van der Waals surface area contributed by atoms with Gasteiger partial charge in [0, 0.05) is 46.3 Å². The van der Waals surface area contributed by atoms with Gasteiger partial charge in [0.25, 0.3) is 0 Å². The lowest BCUT2D eigenvalue weighted by atomic mass is 9.87. The number of hydrogen-bond donors (Lipinski definition) is 1. The number of nitrogens with zero attached hydrogens (tertiary/aromatic N) is 3. The van der Waals surface area contributed by atoms with E-state index in [1.54, 1.807) is 0 Å². The largest absolute Gasteiger partial charge is 0.373 e. The van der Waals surface area contributed by atoms with Gasteiger partial charge in [-0.2, -0.15) is 0 Å². The van der Waals surface area contributed by atoms with Crippen molar-refractivity contribution in [2.45, 2.75) is 46.1 Å². The summed E-state index contributed by atoms with van der Waals surface area (Å²) in [4.78, 5) is 9.35. The minimum absolute atomic E-state index is 0.0161. The number of aliphatic imine (C=N–C) groups is 1. The van der Waals surface area contributed by atoms with Gasteiger partial charge in [0.15, 0.2) is 5.96 Å². The minimum Gasteiger partial charge on any atom is -0.373 e. The van der Waals surface area contributed by atoms with Crippen molar-refractivity contribution in [2.24, 2.45) is 10.4 Å². The maximum absolute atomic E-state index is 5.77. The molecule has 1 atom stereocenters. The van der Waals surface area contributed by atoms with E-state index in [-0.39, 0.29) is 5.60 Å². The van der Waals surface area contributed by atoms with E-state index in [4.69, 9.17) is 4.74 Å². The Bertz CT molecular complexity index is 396. The molecule has 0 aromatic carbocycles. The lowest BCUT2D eigenvalue weighted by molar-refractivity contribution is -0.0852. The third kappa shape index (κ3) is 4.59. The van der Waals surface area contributed by atoms with Gasteiger partial charge in [0.1, 0.15) is 0 Å². The summed E-state index contributed by atoms with van der Waals surface area (Å²) in [5, 5.41) is 3.54. The van der Waals surface area contributed by atoms with Gasteiger partial charge in [0.2, 0.25) is 0 Å². The fourth-order valence-corrected chi connectivity index (χ4v) is 3.46. The molecule has 5 nitrogen and oxygen atoms in total. The van der Waals surface area contributed by atoms with Gasteiger partial charge in [-0.15, -0.1) is 0 Å². The molecule has 1 N–H and O–H groups in total. The topological polar surface area (TPSA) is 40.1 Å². The molecule has 22 heavy (non-hydrogen) atoms. The molecular weight excluding hydrogens is 276 g/mol. The van der Waals surface area contributed by atoms with Crippen LogP contribution < -0.4 is 5.32 Å². The molecule has 2 saturated heterocycles. The summed E-state index contributed by atoms with van der Waals surface area (Å²) in [7, 11) is 1.89. The molecule has 1 unspecified atom stereocenters. The third-order valence-corrected chi connectivity index (χ3v) is 5.14. The first-order valence-electron chi connectivity index (χ1n) is 8.69. The van der Waals surface area contributed by atoms with Crippen molar-refractivity contribution < 1.29 is 4.74 Å². The highest BCUT2D eigenvalue weighted by Crippen LogP contribution is 2.32. The van der Waals surface area contributed by atoms with E-state index in [1.807, 2.05) is 7.05 Å². The highest BCUT2D eigenvalue weighted by atomic mass is 16.5. The fourth-order valence-electron chi connectivity index (χ4n) is 3.46. The molecule has 2 aliphatic rings. The van der Waals surface area contributed by atoms with Gasteiger partial charge in [-0.1, -0.05) is 13.8 Å². The van der Waals surface area contributed by atoms with Gasteiger partial charge >= 0.3 is 0 Å². The number of hydrogen-bond acceptors (Lipinski definition) is 3. The van der Waals surface area contributed by atoms with Crippen LogP contribution in [-0.2, 0) is 4.74 Å². The van der Waals surface area contributed by atoms with Crippen molar-refractivity contribution >= 4 is 5.96 Å². The van der Waals surface area contributed by atoms with E-state index < -0.39 is 0 Å². The Morgan fingerprint density at radius 2 is 2.00 bits per heavy atom. The van der Waals surface area contributed by atoms with Crippen LogP contribution in [0.15, 0.2) is 4.99 Å². The molecule has 0 spiro atoms. The van der Waals surface area contributed by atoms with Crippen LogP contribution in [0.3, 0.4) is 0 Å². The first-order valence-corrected chi connectivity index (χ1v) is 8.69. The molecule has 0 radical (unpaired) electrons. The van der Waals surface area contributed by atoms with Gasteiger partial charge in [-0.25, -0.2) is 0 Å². The summed E-state index contributed by atoms with van der Waals surface area (Å²) in [5.41, 5.74) is 0.434. The van der Waals surface area contributed by atoms with Gasteiger partial charge in [0.05, 0.1) is 12.2 Å². The summed E-state index contributed by atoms with van der Waals surface area (Å²) in [5.74, 6) is 1.06. The average Bonchev–Trinajstić information content (AvgIpc) is 2.86. The summed E-state index contributed by atoms with van der Waals surface area (Å²) >= 11 is 0. The zero-order chi connectivity index (χ0) is 16.2. The van der Waals surface area contributed by atoms with E-state index in [2.05, 4.69) is 47.8 Å². The van der Waals surface area contributed by atoms with Crippen LogP contribution in [0.2, 0.25) is 0 Å². The molecule has 0 aromatic heterocycles. The van der Waals surface area contributed by atoms with E-state index in [1.165, 1.54) is 12.8 Å². The average molecular weight is 310 g/mol. The Labute approximate surface area is 136 Å². The van der Waals surface area contributed by atoms with Crippen molar-refractivity contribution in [3.8, 4) is 0 Å². The second-order valence-corrected chi connectivity index (χ2v) is 7.69. The van der Waals surface area contributed by atoms with Gasteiger partial charge < -0.3 is 15.0 Å². The van der Waals surface area contributed by atoms with Crippen LogP contribution in [0, 0.1) is 5.41 Å². The minimum atomic E-state index is -0.0161. The summed E-state index contributed by atoms with van der Waals surface area (Å²) in [6.07, 6.45) is 2.51. The third-order valence-electron chi connectivity index (χ3n) is 5.14. The number of likely N-dealkylation sites (tertiary alicyclic amines) is 1. The first-order chi connectivity index (χ1) is 10.4. The predicted octanol–water partition coefficient (Wildman–Crippen LogP) is 1.79. The lowest BCUT2D eigenvalue weighted by Crippen LogP contribution is -2.51. The van der Waals surface area contributed by atoms with E-state index >= 15 is 0 Å². The Morgan fingerprint density at radius 3 is 2.59 bits per heavy atom. The van der Waals surface area contributed by atoms with Crippen molar-refractivity contribution in [2.75, 3.05) is 52.9 Å². The summed E-state index contributed by atoms with van der Waals surface area (Å²) in [6, 6.07) is 0. The Morgan fingerprint density at radius 1 is 1.23 bits per heavy atom. The van der Waals surface area contributed by atoms with E-state index in [9.17, 15) is 0 Å². The molecule has 2 fully saturated rings. The molecule has 2 heterocycles. The molecule has 0 aromatic rings. The van der Waals surface area contributed by atoms with Crippen molar-refractivity contribution in [3.63, 3.8) is 0 Å². The number of nitrogens with one attached hydrogen (secondary N) is 1. The molecule has 0 aliphatic carbocycles. The predicted molar refractivity (Wildman–Crippen MR) is 92.4 cm³/mol. The van der Waals surface area contributed by atoms with Crippen molar-refractivity contribution in [3.05, 3.63) is 0 Å². The smallest absolute Gasteiger partial charge is 0.193 e. The van der Waals surface area contributed by atoms with Crippen LogP contribution in [0.4, 0.5) is 0 Å². The molecule has 0 amide bonds. The summed E-state index contributed by atoms with van der Waals surface area (Å²) < 4.78 is 5.77. The summed E-state index contributed by atoms with van der Waals surface area (Å²) in [6.45, 7) is 16.1. The SMILES string of the molecule is CCC1(C)CCN(C(=NC)NCCN2CCOC(C)(C)C2)C1. The zero-order valence-corrected chi connectivity index (χ0v) is 15.1. The maximum atomic E-state index is 5.77. The van der Waals surface area contributed by atoms with E-state index in [0.29, 0.717) is 5.41 Å². The Balaban J connectivity index is 1.76. The van der Waals surface area contributed by atoms with Crippen LogP contribution in [0.5, 0.6) is 0 Å². The molecule has 5 heteroatoms. The van der Waals surface area contributed by atoms with Crippen LogP contribution in [0.25, 0.3) is 0 Å². The Kier molecular flexibility index (Phi) is 5.72. The number of guanidine groups is 1. The number of ether oxygens (including phenoxy) is 1. The fraction of sp³-hybridized carbons (Fsp3) is 0.941. The number of morpholine rings is 1. The normalized spacial score (nSPS) is 29.9. The first kappa shape index (κ1) is 17.5. The van der Waals surface area contributed by atoms with Gasteiger partial charge in [-0.3, -0.25) is 9.89 Å². The number of rotatable bonds is 4. The molecule has 2 aliphatic heterocycles. The zero-order valence-electron chi connectivity index (χ0n) is 15.1. The molecule has 128 valence electrons. The highest BCUT2D eigenvalue weighted by molar-refractivity contribution is 5.80. The molecule has 0 bridgehead atoms. The van der Waals surface area contributed by atoms with E-state index in [0.717, 1.165) is 51.8 Å². The van der Waals surface area contributed by atoms with Crippen LogP contribution >= 0.6 is 0 Å². The van der Waals surface area contributed by atoms with Crippen LogP contribution in [0.1, 0.15) is 40.5 Å². The highest BCUT2D eigenvalue weighted by Gasteiger charge is 2.33. The lowest BCUT2D eigenvalue weighted by Gasteiger charge is -2.38. The molecule has 0 saturated carbocycles. The second kappa shape index (κ2) is 7.18. The van der Waals surface area contributed by atoms with Crippen molar-refractivity contribution in [1.82, 2.24) is 15.1 Å². The van der Waals surface area contributed by atoms with Crippen molar-refractivity contribution in [1.29, 1.82) is 0 Å². The standard InChI is InChI=1S/C17H34N4O/c1-6-17(4)7-9-21(14-17)15(18-5)19-8-10-20-11-12-22-16(2,3)13-20/h6-14H2,1-5H3,(H,18,19).